The van der Waals surface area contributed by atoms with Crippen molar-refractivity contribution in [2.75, 3.05) is 13.1 Å². The summed E-state index contributed by atoms with van der Waals surface area (Å²) in [5.41, 5.74) is 6.98. The van der Waals surface area contributed by atoms with E-state index in [0.717, 1.165) is 12.1 Å². The lowest BCUT2D eigenvalue weighted by Crippen LogP contribution is -2.45. The van der Waals surface area contributed by atoms with E-state index < -0.39 is 0 Å². The Labute approximate surface area is 119 Å². The van der Waals surface area contributed by atoms with Crippen molar-refractivity contribution >= 4 is 23.2 Å². The third kappa shape index (κ3) is 2.83. The van der Waals surface area contributed by atoms with Crippen LogP contribution in [0.3, 0.4) is 0 Å². The average Bonchev–Trinajstić information content (AvgIpc) is 2.41. The Bertz CT molecular complexity index is 409. The number of benzene rings is 1. The van der Waals surface area contributed by atoms with Crippen LogP contribution in [0.2, 0.25) is 10.0 Å². The molecule has 2 atom stereocenters. The van der Waals surface area contributed by atoms with Crippen LogP contribution in [0.25, 0.3) is 0 Å². The molecule has 100 valence electrons. The van der Waals surface area contributed by atoms with Gasteiger partial charge in [-0.1, -0.05) is 41.8 Å². The van der Waals surface area contributed by atoms with Gasteiger partial charge >= 0.3 is 0 Å². The van der Waals surface area contributed by atoms with Crippen LogP contribution in [0.1, 0.15) is 37.8 Å². The first-order chi connectivity index (χ1) is 8.65. The quantitative estimate of drug-likeness (QED) is 0.914. The Hall–Kier alpha value is -0.280. The monoisotopic (exact) mass is 286 g/mol. The molecule has 0 saturated carbocycles. The van der Waals surface area contributed by atoms with Gasteiger partial charge in [-0.15, -0.1) is 0 Å². The second-order valence-electron chi connectivity index (χ2n) is 4.94. The van der Waals surface area contributed by atoms with Crippen LogP contribution in [0.15, 0.2) is 18.2 Å². The van der Waals surface area contributed by atoms with Gasteiger partial charge in [-0.25, -0.2) is 0 Å². The molecule has 0 radical (unpaired) electrons. The summed E-state index contributed by atoms with van der Waals surface area (Å²) in [7, 11) is 0. The van der Waals surface area contributed by atoms with Crippen LogP contribution in [0.4, 0.5) is 0 Å². The first-order valence-corrected chi connectivity index (χ1v) is 7.30. The third-order valence-electron chi connectivity index (χ3n) is 3.87. The Balaban J connectivity index is 2.23. The molecule has 1 aromatic carbocycles. The summed E-state index contributed by atoms with van der Waals surface area (Å²) >= 11 is 12.4. The van der Waals surface area contributed by atoms with Crippen LogP contribution in [-0.2, 0) is 0 Å². The number of hydrogen-bond acceptors (Lipinski definition) is 2. The second-order valence-corrected chi connectivity index (χ2v) is 5.73. The molecule has 0 bridgehead atoms. The van der Waals surface area contributed by atoms with Crippen molar-refractivity contribution in [3.05, 3.63) is 33.8 Å². The minimum Gasteiger partial charge on any atom is -0.329 e. The number of hydrogen-bond donors (Lipinski definition) is 1. The molecule has 1 saturated heterocycles. The lowest BCUT2D eigenvalue weighted by Gasteiger charge is -2.39. The molecule has 1 aromatic rings. The molecule has 18 heavy (non-hydrogen) atoms. The fourth-order valence-electron chi connectivity index (χ4n) is 2.81. The van der Waals surface area contributed by atoms with Crippen LogP contribution in [0, 0.1) is 0 Å². The first kappa shape index (κ1) is 14.1. The topological polar surface area (TPSA) is 29.3 Å². The van der Waals surface area contributed by atoms with Crippen molar-refractivity contribution in [3.63, 3.8) is 0 Å². The van der Waals surface area contributed by atoms with Gasteiger partial charge in [0.1, 0.15) is 0 Å². The zero-order chi connectivity index (χ0) is 13.1. The fourth-order valence-corrected chi connectivity index (χ4v) is 3.27. The zero-order valence-electron chi connectivity index (χ0n) is 10.7. The molecule has 2 N–H and O–H groups in total. The van der Waals surface area contributed by atoms with Gasteiger partial charge in [0, 0.05) is 18.6 Å². The summed E-state index contributed by atoms with van der Waals surface area (Å²) in [4.78, 5) is 2.46. The molecule has 1 aliphatic rings. The summed E-state index contributed by atoms with van der Waals surface area (Å²) in [6.45, 7) is 3.99. The maximum absolute atomic E-state index is 6.31. The van der Waals surface area contributed by atoms with E-state index in [0.29, 0.717) is 22.6 Å². The Kier molecular flexibility index (Phi) is 4.91. The highest BCUT2D eigenvalue weighted by atomic mass is 35.5. The molecule has 1 heterocycles. The largest absolute Gasteiger partial charge is 0.329 e. The summed E-state index contributed by atoms with van der Waals surface area (Å²) in [6, 6.07) is 6.58. The minimum absolute atomic E-state index is 0.269. The van der Waals surface area contributed by atoms with Crippen molar-refractivity contribution in [2.24, 2.45) is 5.73 Å². The van der Waals surface area contributed by atoms with Crippen LogP contribution < -0.4 is 5.73 Å². The molecule has 0 aliphatic carbocycles. The van der Waals surface area contributed by atoms with Crippen molar-refractivity contribution in [3.8, 4) is 0 Å². The summed E-state index contributed by atoms with van der Waals surface area (Å²) in [5.74, 6) is 0. The molecule has 0 amide bonds. The molecule has 4 heteroatoms. The normalized spacial score (nSPS) is 23.0. The molecule has 0 spiro atoms. The van der Waals surface area contributed by atoms with E-state index in [9.17, 15) is 0 Å². The lowest BCUT2D eigenvalue weighted by molar-refractivity contribution is 0.108. The molecule has 2 nitrogen and oxygen atoms in total. The lowest BCUT2D eigenvalue weighted by atomic mass is 9.97. The Morgan fingerprint density at radius 1 is 1.39 bits per heavy atom. The summed E-state index contributed by atoms with van der Waals surface area (Å²) < 4.78 is 0. The van der Waals surface area contributed by atoms with E-state index in [1.807, 2.05) is 12.1 Å². The van der Waals surface area contributed by atoms with E-state index in [1.165, 1.54) is 19.3 Å². The molecular formula is C14H20Cl2N2. The SMILES string of the molecule is CC(c1cccc(Cl)c1Cl)N1CCCCC1CN. The predicted octanol–water partition coefficient (Wildman–Crippen LogP) is 3.87. The molecule has 2 rings (SSSR count). The van der Waals surface area contributed by atoms with Gasteiger partial charge in [0.05, 0.1) is 10.0 Å². The highest BCUT2D eigenvalue weighted by Crippen LogP contribution is 2.35. The van der Waals surface area contributed by atoms with Crippen molar-refractivity contribution in [1.29, 1.82) is 0 Å². The van der Waals surface area contributed by atoms with Crippen molar-refractivity contribution in [1.82, 2.24) is 4.90 Å². The Morgan fingerprint density at radius 2 is 2.17 bits per heavy atom. The highest BCUT2D eigenvalue weighted by Gasteiger charge is 2.27. The zero-order valence-corrected chi connectivity index (χ0v) is 12.2. The van der Waals surface area contributed by atoms with E-state index in [1.54, 1.807) is 0 Å². The van der Waals surface area contributed by atoms with E-state index in [4.69, 9.17) is 28.9 Å². The molecule has 2 unspecified atom stereocenters. The number of nitrogens with two attached hydrogens (primary N) is 1. The van der Waals surface area contributed by atoms with Crippen molar-refractivity contribution < 1.29 is 0 Å². The maximum atomic E-state index is 6.31. The minimum atomic E-state index is 0.269. The molecule has 1 aliphatic heterocycles. The van der Waals surface area contributed by atoms with Gasteiger partial charge in [0.25, 0.3) is 0 Å². The van der Waals surface area contributed by atoms with Gasteiger partial charge in [0.2, 0.25) is 0 Å². The molecular weight excluding hydrogens is 267 g/mol. The van der Waals surface area contributed by atoms with Gasteiger partial charge < -0.3 is 5.73 Å². The average molecular weight is 287 g/mol. The first-order valence-electron chi connectivity index (χ1n) is 6.55. The van der Waals surface area contributed by atoms with Gasteiger partial charge in [-0.05, 0) is 37.9 Å². The number of rotatable bonds is 3. The van der Waals surface area contributed by atoms with E-state index in [-0.39, 0.29) is 6.04 Å². The third-order valence-corrected chi connectivity index (χ3v) is 4.71. The van der Waals surface area contributed by atoms with Gasteiger partial charge in [-0.2, -0.15) is 0 Å². The number of nitrogens with zero attached hydrogens (tertiary/aromatic N) is 1. The smallest absolute Gasteiger partial charge is 0.0640 e. The molecule has 0 aromatic heterocycles. The molecule has 1 fully saturated rings. The van der Waals surface area contributed by atoms with E-state index in [2.05, 4.69) is 17.9 Å². The number of likely N-dealkylation sites (tertiary alicyclic amines) is 1. The maximum Gasteiger partial charge on any atom is 0.0640 e. The van der Waals surface area contributed by atoms with Gasteiger partial charge in [0.15, 0.2) is 0 Å². The van der Waals surface area contributed by atoms with Crippen molar-refractivity contribution in [2.45, 2.75) is 38.3 Å². The number of halogens is 2. The van der Waals surface area contributed by atoms with E-state index >= 15 is 0 Å². The second kappa shape index (κ2) is 6.25. The Morgan fingerprint density at radius 3 is 2.89 bits per heavy atom. The van der Waals surface area contributed by atoms with Crippen LogP contribution in [-0.4, -0.2) is 24.0 Å². The summed E-state index contributed by atoms with van der Waals surface area (Å²) in [6.07, 6.45) is 3.69. The number of piperidine rings is 1. The van der Waals surface area contributed by atoms with Crippen LogP contribution >= 0.6 is 23.2 Å². The van der Waals surface area contributed by atoms with Gasteiger partial charge in [-0.3, -0.25) is 4.90 Å². The predicted molar refractivity (Wildman–Crippen MR) is 78.3 cm³/mol. The van der Waals surface area contributed by atoms with Crippen LogP contribution in [0.5, 0.6) is 0 Å². The fraction of sp³-hybridized carbons (Fsp3) is 0.571. The highest BCUT2D eigenvalue weighted by molar-refractivity contribution is 6.42. The standard InChI is InChI=1S/C14H20Cl2N2/c1-10(12-6-4-7-13(15)14(12)16)18-8-3-2-5-11(18)9-17/h4,6-7,10-11H,2-3,5,8-9,17H2,1H3. The summed E-state index contributed by atoms with van der Waals surface area (Å²) in [5, 5.41) is 1.30.